The highest BCUT2D eigenvalue weighted by molar-refractivity contribution is 6.19. The Kier molecular flexibility index (Phi) is 3.58. The van der Waals surface area contributed by atoms with Crippen LogP contribution in [0.2, 0.25) is 0 Å². The fraction of sp³-hybridized carbons (Fsp3) is 0.200. The Bertz CT molecular complexity index is 328. The summed E-state index contributed by atoms with van der Waals surface area (Å²) in [5.74, 6) is 0.288. The van der Waals surface area contributed by atoms with E-state index in [4.69, 9.17) is 11.6 Å². The molecule has 0 bridgehead atoms. The number of alkyl halides is 4. The minimum absolute atomic E-state index is 0.288. The molecule has 0 saturated carbocycles. The van der Waals surface area contributed by atoms with Crippen LogP contribution in [0.4, 0.5) is 13.2 Å². The molecule has 14 heavy (non-hydrogen) atoms. The molecule has 0 aliphatic carbocycles. The molecule has 0 spiro atoms. The average molecular weight is 221 g/mol. The van der Waals surface area contributed by atoms with Crippen LogP contribution in [0.3, 0.4) is 0 Å². The van der Waals surface area contributed by atoms with Gasteiger partial charge in [-0.15, -0.1) is 11.6 Å². The zero-order chi connectivity index (χ0) is 10.6. The number of benzene rings is 1. The average Bonchev–Trinajstić information content (AvgIpc) is 2.14. The van der Waals surface area contributed by atoms with Gasteiger partial charge in [0.1, 0.15) is 0 Å². The van der Waals surface area contributed by atoms with Crippen LogP contribution in [0.15, 0.2) is 30.3 Å². The third kappa shape index (κ3) is 3.07. The van der Waals surface area contributed by atoms with Crippen molar-refractivity contribution in [3.63, 3.8) is 0 Å². The topological polar surface area (TPSA) is 0 Å². The predicted octanol–water partition coefficient (Wildman–Crippen LogP) is 3.96. The molecular formula is C10H8ClF3. The van der Waals surface area contributed by atoms with Gasteiger partial charge in [0.25, 0.3) is 0 Å². The van der Waals surface area contributed by atoms with Crippen molar-refractivity contribution in [2.24, 2.45) is 0 Å². The highest BCUT2D eigenvalue weighted by Crippen LogP contribution is 2.29. The smallest absolute Gasteiger partial charge is 0.166 e. The first kappa shape index (κ1) is 11.1. The van der Waals surface area contributed by atoms with Crippen LogP contribution in [0.5, 0.6) is 0 Å². The lowest BCUT2D eigenvalue weighted by molar-refractivity contribution is -0.137. The lowest BCUT2D eigenvalue weighted by atomic mass is 10.1. The number of hydrogen-bond donors (Lipinski definition) is 0. The maximum Gasteiger partial charge on any atom is 0.416 e. The summed E-state index contributed by atoms with van der Waals surface area (Å²) in [7, 11) is 0. The van der Waals surface area contributed by atoms with Crippen LogP contribution in [0.1, 0.15) is 11.1 Å². The molecule has 0 unspecified atom stereocenters. The molecule has 0 aliphatic heterocycles. The summed E-state index contributed by atoms with van der Waals surface area (Å²) in [6.07, 6.45) is -1.13. The van der Waals surface area contributed by atoms with Crippen LogP contribution in [0.25, 0.3) is 6.08 Å². The molecule has 0 aromatic heterocycles. The molecular weight excluding hydrogens is 213 g/mol. The first-order valence-electron chi connectivity index (χ1n) is 3.94. The number of halogens is 4. The van der Waals surface area contributed by atoms with Crippen molar-refractivity contribution >= 4 is 17.7 Å². The second kappa shape index (κ2) is 4.51. The Morgan fingerprint density at radius 3 is 2.57 bits per heavy atom. The summed E-state index contributed by atoms with van der Waals surface area (Å²) >= 11 is 5.37. The maximum atomic E-state index is 12.2. The Morgan fingerprint density at radius 1 is 1.29 bits per heavy atom. The fourth-order valence-electron chi connectivity index (χ4n) is 0.999. The van der Waals surface area contributed by atoms with E-state index in [1.54, 1.807) is 18.2 Å². The van der Waals surface area contributed by atoms with Gasteiger partial charge in [0.05, 0.1) is 5.56 Å². The third-order valence-corrected chi connectivity index (χ3v) is 1.79. The van der Waals surface area contributed by atoms with E-state index in [-0.39, 0.29) is 5.88 Å². The molecule has 0 saturated heterocycles. The molecule has 0 N–H and O–H groups in total. The van der Waals surface area contributed by atoms with Crippen molar-refractivity contribution in [1.29, 1.82) is 0 Å². The van der Waals surface area contributed by atoms with Gasteiger partial charge in [-0.05, 0) is 17.7 Å². The van der Waals surface area contributed by atoms with E-state index in [9.17, 15) is 13.2 Å². The van der Waals surface area contributed by atoms with E-state index in [2.05, 4.69) is 0 Å². The summed E-state index contributed by atoms with van der Waals surface area (Å²) in [4.78, 5) is 0. The Labute approximate surface area is 85.0 Å². The molecule has 0 heterocycles. The molecule has 0 nitrogen and oxygen atoms in total. The summed E-state index contributed by atoms with van der Waals surface area (Å²) in [5, 5.41) is 0. The second-order valence-corrected chi connectivity index (χ2v) is 2.99. The van der Waals surface area contributed by atoms with Crippen molar-refractivity contribution in [3.05, 3.63) is 41.5 Å². The first-order valence-corrected chi connectivity index (χ1v) is 4.47. The molecule has 0 radical (unpaired) electrons. The Morgan fingerprint density at radius 2 is 2.00 bits per heavy atom. The number of rotatable bonds is 2. The highest BCUT2D eigenvalue weighted by Gasteiger charge is 2.30. The first-order chi connectivity index (χ1) is 6.54. The van der Waals surface area contributed by atoms with Crippen LogP contribution in [0, 0.1) is 0 Å². The molecule has 1 aromatic rings. The Balaban J connectivity index is 2.96. The lowest BCUT2D eigenvalue weighted by Gasteiger charge is -2.06. The standard InChI is InChI=1S/C10H8ClF3/c11-6-2-4-8-3-1-5-9(7-8)10(12,13)14/h1-5,7H,6H2. The minimum Gasteiger partial charge on any atom is -0.166 e. The van der Waals surface area contributed by atoms with Gasteiger partial charge in [0.15, 0.2) is 0 Å². The summed E-state index contributed by atoms with van der Waals surface area (Å²) < 4.78 is 36.7. The number of allylic oxidation sites excluding steroid dienone is 1. The van der Waals surface area contributed by atoms with E-state index in [0.717, 1.165) is 12.1 Å². The minimum atomic E-state index is -4.29. The van der Waals surface area contributed by atoms with E-state index in [0.29, 0.717) is 5.56 Å². The van der Waals surface area contributed by atoms with Gasteiger partial charge in [-0.2, -0.15) is 13.2 Å². The van der Waals surface area contributed by atoms with E-state index >= 15 is 0 Å². The van der Waals surface area contributed by atoms with Crippen molar-refractivity contribution in [3.8, 4) is 0 Å². The van der Waals surface area contributed by atoms with Gasteiger partial charge >= 0.3 is 6.18 Å². The molecule has 76 valence electrons. The van der Waals surface area contributed by atoms with Gasteiger partial charge in [-0.3, -0.25) is 0 Å². The van der Waals surface area contributed by atoms with Crippen molar-refractivity contribution in [2.45, 2.75) is 6.18 Å². The van der Waals surface area contributed by atoms with Crippen LogP contribution in [-0.2, 0) is 6.18 Å². The van der Waals surface area contributed by atoms with E-state index in [1.165, 1.54) is 6.07 Å². The monoisotopic (exact) mass is 220 g/mol. The summed E-state index contributed by atoms with van der Waals surface area (Å²) in [6, 6.07) is 5.09. The quantitative estimate of drug-likeness (QED) is 0.662. The normalized spacial score (nSPS) is 12.3. The molecule has 0 aliphatic rings. The molecule has 1 aromatic carbocycles. The third-order valence-electron chi connectivity index (χ3n) is 1.61. The van der Waals surface area contributed by atoms with Crippen LogP contribution in [-0.4, -0.2) is 5.88 Å². The van der Waals surface area contributed by atoms with Gasteiger partial charge < -0.3 is 0 Å². The van der Waals surface area contributed by atoms with Crippen molar-refractivity contribution in [2.75, 3.05) is 5.88 Å². The highest BCUT2D eigenvalue weighted by atomic mass is 35.5. The molecule has 0 fully saturated rings. The molecule has 1 rings (SSSR count). The number of hydrogen-bond acceptors (Lipinski definition) is 0. The fourth-order valence-corrected chi connectivity index (χ4v) is 1.09. The van der Waals surface area contributed by atoms with Gasteiger partial charge in [-0.1, -0.05) is 24.3 Å². The van der Waals surface area contributed by atoms with Crippen molar-refractivity contribution in [1.82, 2.24) is 0 Å². The SMILES string of the molecule is FC(F)(F)c1cccc(C=CCCl)c1. The van der Waals surface area contributed by atoms with E-state index < -0.39 is 11.7 Å². The second-order valence-electron chi connectivity index (χ2n) is 2.68. The molecule has 4 heteroatoms. The maximum absolute atomic E-state index is 12.2. The van der Waals surface area contributed by atoms with Crippen LogP contribution < -0.4 is 0 Å². The summed E-state index contributed by atoms with van der Waals surface area (Å²) in [6.45, 7) is 0. The van der Waals surface area contributed by atoms with Gasteiger partial charge in [0, 0.05) is 5.88 Å². The largest absolute Gasteiger partial charge is 0.416 e. The van der Waals surface area contributed by atoms with Crippen LogP contribution >= 0.6 is 11.6 Å². The molecule has 0 atom stereocenters. The summed E-state index contributed by atoms with van der Waals surface area (Å²) in [5.41, 5.74) is -0.144. The predicted molar refractivity (Wildman–Crippen MR) is 51.2 cm³/mol. The van der Waals surface area contributed by atoms with E-state index in [1.807, 2.05) is 0 Å². The zero-order valence-electron chi connectivity index (χ0n) is 7.18. The Hall–Kier alpha value is -0.960. The van der Waals surface area contributed by atoms with Gasteiger partial charge in [-0.25, -0.2) is 0 Å². The zero-order valence-corrected chi connectivity index (χ0v) is 7.94. The van der Waals surface area contributed by atoms with Gasteiger partial charge in [0.2, 0.25) is 0 Å². The van der Waals surface area contributed by atoms with Crippen molar-refractivity contribution < 1.29 is 13.2 Å². The molecule has 0 amide bonds. The lowest BCUT2D eigenvalue weighted by Crippen LogP contribution is -2.04.